The molecule has 3 heterocycles. The van der Waals surface area contributed by atoms with Crippen molar-refractivity contribution in [3.05, 3.63) is 33.2 Å². The van der Waals surface area contributed by atoms with E-state index in [2.05, 4.69) is 0 Å². The van der Waals surface area contributed by atoms with Crippen molar-refractivity contribution in [2.24, 2.45) is 5.92 Å². The fourth-order valence-electron chi connectivity index (χ4n) is 3.44. The van der Waals surface area contributed by atoms with Crippen LogP contribution in [0, 0.1) is 5.92 Å². The number of ether oxygens (including phenoxy) is 1. The summed E-state index contributed by atoms with van der Waals surface area (Å²) in [6.07, 6.45) is 0.674. The maximum Gasteiger partial charge on any atom is 0.410 e. The Bertz CT molecular complexity index is 662. The van der Waals surface area contributed by atoms with Crippen molar-refractivity contribution in [2.45, 2.75) is 45.3 Å². The van der Waals surface area contributed by atoms with Crippen molar-refractivity contribution in [3.8, 4) is 0 Å². The van der Waals surface area contributed by atoms with Crippen molar-refractivity contribution in [1.82, 2.24) is 9.47 Å². The fraction of sp³-hybridized carbons (Fsp3) is 0.625. The average Bonchev–Trinajstić information content (AvgIpc) is 2.40. The van der Waals surface area contributed by atoms with Crippen LogP contribution in [0.2, 0.25) is 5.02 Å². The number of halogens is 1. The molecule has 5 nitrogen and oxygen atoms in total. The fourth-order valence-corrected chi connectivity index (χ4v) is 3.76. The van der Waals surface area contributed by atoms with Crippen LogP contribution >= 0.6 is 11.6 Å². The van der Waals surface area contributed by atoms with Crippen LogP contribution in [0.5, 0.6) is 0 Å². The SMILES string of the molecule is CC(C)(C)OC(=O)N1CC2CC(C1)c1c(Cl)ccc(=O)n1C2. The van der Waals surface area contributed by atoms with Gasteiger partial charge in [-0.15, -0.1) is 0 Å². The van der Waals surface area contributed by atoms with Gasteiger partial charge >= 0.3 is 6.09 Å². The molecular formula is C16H21ClN2O3. The Labute approximate surface area is 134 Å². The Morgan fingerprint density at radius 3 is 2.68 bits per heavy atom. The van der Waals surface area contributed by atoms with Crippen molar-refractivity contribution >= 4 is 17.7 Å². The van der Waals surface area contributed by atoms with Crippen molar-refractivity contribution in [1.29, 1.82) is 0 Å². The van der Waals surface area contributed by atoms with Gasteiger partial charge in [0.15, 0.2) is 0 Å². The Kier molecular flexibility index (Phi) is 3.71. The largest absolute Gasteiger partial charge is 0.444 e. The lowest BCUT2D eigenvalue weighted by Crippen LogP contribution is -2.50. The number of aromatic nitrogens is 1. The van der Waals surface area contributed by atoms with E-state index in [0.29, 0.717) is 24.7 Å². The number of rotatable bonds is 0. The first kappa shape index (κ1) is 15.4. The predicted molar refractivity (Wildman–Crippen MR) is 84.4 cm³/mol. The first-order valence-electron chi connectivity index (χ1n) is 7.62. The van der Waals surface area contributed by atoms with Crippen LogP contribution < -0.4 is 5.56 Å². The molecule has 0 saturated carbocycles. The molecule has 2 bridgehead atoms. The summed E-state index contributed by atoms with van der Waals surface area (Å²) in [5.74, 6) is 0.372. The summed E-state index contributed by atoms with van der Waals surface area (Å²) in [5.41, 5.74) is 0.342. The second-order valence-electron chi connectivity index (χ2n) is 7.20. The minimum absolute atomic E-state index is 0.0141. The van der Waals surface area contributed by atoms with E-state index in [1.54, 1.807) is 15.5 Å². The van der Waals surface area contributed by atoms with Crippen LogP contribution in [0.25, 0.3) is 0 Å². The third kappa shape index (κ3) is 2.86. The molecule has 3 rings (SSSR count). The zero-order chi connectivity index (χ0) is 16.1. The normalized spacial score (nSPS) is 23.9. The number of nitrogens with zero attached hydrogens (tertiary/aromatic N) is 2. The molecule has 1 aromatic rings. The van der Waals surface area contributed by atoms with E-state index in [-0.39, 0.29) is 23.5 Å². The Balaban J connectivity index is 1.87. The molecule has 0 aliphatic carbocycles. The zero-order valence-corrected chi connectivity index (χ0v) is 13.9. The molecule has 2 unspecified atom stereocenters. The third-order valence-electron chi connectivity index (χ3n) is 4.19. The van der Waals surface area contributed by atoms with E-state index < -0.39 is 5.60 Å². The predicted octanol–water partition coefficient (Wildman–Crippen LogP) is 2.86. The number of carbonyl (C=O) groups is 1. The number of carbonyl (C=O) groups excluding carboxylic acids is 1. The van der Waals surface area contributed by atoms with Crippen LogP contribution in [-0.2, 0) is 11.3 Å². The van der Waals surface area contributed by atoms with E-state index in [1.807, 2.05) is 20.8 Å². The van der Waals surface area contributed by atoms with E-state index >= 15 is 0 Å². The van der Waals surface area contributed by atoms with Crippen LogP contribution in [-0.4, -0.2) is 34.3 Å². The smallest absolute Gasteiger partial charge is 0.410 e. The molecule has 1 saturated heterocycles. The molecule has 1 amide bonds. The molecule has 0 aromatic carbocycles. The molecule has 0 spiro atoms. The summed E-state index contributed by atoms with van der Waals surface area (Å²) < 4.78 is 7.24. The molecule has 22 heavy (non-hydrogen) atoms. The third-order valence-corrected chi connectivity index (χ3v) is 4.51. The first-order chi connectivity index (χ1) is 10.2. The maximum atomic E-state index is 12.3. The monoisotopic (exact) mass is 324 g/mol. The number of likely N-dealkylation sites (tertiary alicyclic amines) is 1. The molecule has 1 aromatic heterocycles. The van der Waals surface area contributed by atoms with Gasteiger partial charge in [0, 0.05) is 37.3 Å². The molecule has 2 atom stereocenters. The second-order valence-corrected chi connectivity index (χ2v) is 7.61. The summed E-state index contributed by atoms with van der Waals surface area (Å²) in [6.45, 7) is 7.38. The molecular weight excluding hydrogens is 304 g/mol. The number of piperidine rings is 1. The van der Waals surface area contributed by atoms with Crippen LogP contribution in [0.3, 0.4) is 0 Å². The Morgan fingerprint density at radius 2 is 2.00 bits per heavy atom. The molecule has 2 aliphatic rings. The minimum Gasteiger partial charge on any atom is -0.444 e. The Hall–Kier alpha value is -1.49. The first-order valence-corrected chi connectivity index (χ1v) is 7.99. The van der Waals surface area contributed by atoms with E-state index in [9.17, 15) is 9.59 Å². The van der Waals surface area contributed by atoms with Crippen molar-refractivity contribution in [2.75, 3.05) is 13.1 Å². The van der Waals surface area contributed by atoms with Gasteiger partial charge in [0.05, 0.1) is 5.02 Å². The summed E-state index contributed by atoms with van der Waals surface area (Å²) in [4.78, 5) is 26.1. The highest BCUT2D eigenvalue weighted by Crippen LogP contribution is 2.38. The maximum absolute atomic E-state index is 12.3. The number of fused-ring (bicyclic) bond motifs is 4. The van der Waals surface area contributed by atoms with Gasteiger partial charge in [0.25, 0.3) is 5.56 Å². The number of pyridine rings is 1. The minimum atomic E-state index is -0.504. The Morgan fingerprint density at radius 1 is 1.27 bits per heavy atom. The average molecular weight is 325 g/mol. The van der Waals surface area contributed by atoms with Gasteiger partial charge in [-0.2, -0.15) is 0 Å². The van der Waals surface area contributed by atoms with Crippen LogP contribution in [0.1, 0.15) is 38.8 Å². The zero-order valence-electron chi connectivity index (χ0n) is 13.1. The summed E-state index contributed by atoms with van der Waals surface area (Å²) in [6, 6.07) is 3.17. The van der Waals surface area contributed by atoms with E-state index in [0.717, 1.165) is 12.1 Å². The van der Waals surface area contributed by atoms with Crippen LogP contribution in [0.15, 0.2) is 16.9 Å². The number of hydrogen-bond donors (Lipinski definition) is 0. The summed E-state index contributed by atoms with van der Waals surface area (Å²) in [7, 11) is 0. The molecule has 0 radical (unpaired) electrons. The quantitative estimate of drug-likeness (QED) is 0.737. The standard InChI is InChI=1S/C16H21ClN2O3/c1-16(2,3)22-15(21)18-7-10-6-11(9-18)14-12(17)4-5-13(20)19(14)8-10/h4-5,10-11H,6-9H2,1-3H3. The van der Waals surface area contributed by atoms with Crippen molar-refractivity contribution in [3.63, 3.8) is 0 Å². The van der Waals surface area contributed by atoms with Gasteiger partial charge in [0.2, 0.25) is 0 Å². The lowest BCUT2D eigenvalue weighted by Gasteiger charge is -2.43. The van der Waals surface area contributed by atoms with Crippen LogP contribution in [0.4, 0.5) is 4.79 Å². The number of hydrogen-bond acceptors (Lipinski definition) is 3. The van der Waals surface area contributed by atoms with E-state index in [4.69, 9.17) is 16.3 Å². The van der Waals surface area contributed by atoms with Crippen molar-refractivity contribution < 1.29 is 9.53 Å². The molecule has 2 aliphatic heterocycles. The number of amides is 1. The molecule has 6 heteroatoms. The summed E-state index contributed by atoms with van der Waals surface area (Å²) >= 11 is 6.30. The highest BCUT2D eigenvalue weighted by molar-refractivity contribution is 6.31. The molecule has 1 fully saturated rings. The molecule has 0 N–H and O–H groups in total. The van der Waals surface area contributed by atoms with E-state index in [1.165, 1.54) is 6.07 Å². The second kappa shape index (κ2) is 5.30. The van der Waals surface area contributed by atoms with Gasteiger partial charge in [-0.3, -0.25) is 4.79 Å². The van der Waals surface area contributed by atoms with Gasteiger partial charge in [0.1, 0.15) is 5.60 Å². The molecule has 120 valence electrons. The van der Waals surface area contributed by atoms with Gasteiger partial charge in [-0.1, -0.05) is 11.6 Å². The highest BCUT2D eigenvalue weighted by Gasteiger charge is 2.38. The van der Waals surface area contributed by atoms with Gasteiger partial charge < -0.3 is 14.2 Å². The lowest BCUT2D eigenvalue weighted by molar-refractivity contribution is 0.0102. The van der Waals surface area contributed by atoms with Gasteiger partial charge in [-0.25, -0.2) is 4.79 Å². The highest BCUT2D eigenvalue weighted by atomic mass is 35.5. The topological polar surface area (TPSA) is 51.5 Å². The lowest BCUT2D eigenvalue weighted by atomic mass is 9.83. The van der Waals surface area contributed by atoms with Gasteiger partial charge in [-0.05, 0) is 39.2 Å². The summed E-state index contributed by atoms with van der Waals surface area (Å²) in [5, 5.41) is 0.606.